The number of aliphatic hydroxyl groups is 2. The highest BCUT2D eigenvalue weighted by Gasteiger charge is 2.52. The number of methoxy groups -OCH3 is 1. The summed E-state index contributed by atoms with van der Waals surface area (Å²) in [6.45, 7) is 1.12. The van der Waals surface area contributed by atoms with Crippen LogP contribution in [0.4, 0.5) is 0 Å². The molecule has 4 atom stereocenters. The lowest BCUT2D eigenvalue weighted by atomic mass is 9.96. The van der Waals surface area contributed by atoms with Gasteiger partial charge in [0.2, 0.25) is 10.0 Å². The molecule has 0 amide bonds. The number of nitrogens with zero attached hydrogens (tertiary/aromatic N) is 1. The molecule has 23 heavy (non-hydrogen) atoms. The van der Waals surface area contributed by atoms with E-state index in [1.807, 2.05) is 0 Å². The van der Waals surface area contributed by atoms with Crippen molar-refractivity contribution in [1.29, 1.82) is 0 Å². The number of hydrogen-bond acceptors (Lipinski definition) is 6. The maximum atomic E-state index is 12.9. The molecular formula is C15H21NO6S. The molecule has 1 aliphatic rings. The topological polar surface area (TPSA) is 104 Å². The molecule has 128 valence electrons. The van der Waals surface area contributed by atoms with Gasteiger partial charge in [0.15, 0.2) is 0 Å². The van der Waals surface area contributed by atoms with Crippen molar-refractivity contribution in [2.45, 2.75) is 36.4 Å². The lowest BCUT2D eigenvalue weighted by Crippen LogP contribution is -2.46. The Morgan fingerprint density at radius 3 is 2.39 bits per heavy atom. The SMILES string of the molecule is COC(=O)C[C@@H]1[C@H](C)[C@H](O)[C@H](CO)N1S(=O)(=O)c1ccccc1. The lowest BCUT2D eigenvalue weighted by molar-refractivity contribution is -0.141. The van der Waals surface area contributed by atoms with E-state index in [-0.39, 0.29) is 11.3 Å². The summed E-state index contributed by atoms with van der Waals surface area (Å²) >= 11 is 0. The van der Waals surface area contributed by atoms with Gasteiger partial charge in [-0.3, -0.25) is 4.79 Å². The van der Waals surface area contributed by atoms with E-state index in [9.17, 15) is 23.4 Å². The van der Waals surface area contributed by atoms with E-state index >= 15 is 0 Å². The highest BCUT2D eigenvalue weighted by molar-refractivity contribution is 7.89. The minimum Gasteiger partial charge on any atom is -0.469 e. The van der Waals surface area contributed by atoms with E-state index in [1.54, 1.807) is 25.1 Å². The normalized spacial score (nSPS) is 28.7. The highest BCUT2D eigenvalue weighted by atomic mass is 32.2. The molecule has 0 bridgehead atoms. The van der Waals surface area contributed by atoms with Crippen molar-refractivity contribution in [1.82, 2.24) is 4.31 Å². The quantitative estimate of drug-likeness (QED) is 0.728. The van der Waals surface area contributed by atoms with Crippen LogP contribution in [0.15, 0.2) is 35.2 Å². The first-order valence-electron chi connectivity index (χ1n) is 7.29. The summed E-state index contributed by atoms with van der Waals surface area (Å²) in [5.74, 6) is -1.08. The summed E-state index contributed by atoms with van der Waals surface area (Å²) < 4.78 is 31.5. The highest BCUT2D eigenvalue weighted by Crippen LogP contribution is 2.36. The van der Waals surface area contributed by atoms with Crippen LogP contribution in [0.5, 0.6) is 0 Å². The Kier molecular flexibility index (Phi) is 5.41. The molecule has 1 heterocycles. The molecule has 0 aromatic heterocycles. The minimum atomic E-state index is -3.96. The molecule has 2 N–H and O–H groups in total. The summed E-state index contributed by atoms with van der Waals surface area (Å²) in [7, 11) is -2.74. The molecule has 0 radical (unpaired) electrons. The fourth-order valence-corrected chi connectivity index (χ4v) is 4.91. The molecule has 7 nitrogen and oxygen atoms in total. The number of hydrogen-bond donors (Lipinski definition) is 2. The molecule has 0 saturated carbocycles. The molecule has 0 spiro atoms. The second-order valence-electron chi connectivity index (χ2n) is 5.60. The fourth-order valence-electron chi connectivity index (χ4n) is 3.00. The number of aliphatic hydroxyl groups excluding tert-OH is 2. The van der Waals surface area contributed by atoms with Gasteiger partial charge in [-0.15, -0.1) is 0 Å². The van der Waals surface area contributed by atoms with Crippen molar-refractivity contribution in [2.24, 2.45) is 5.92 Å². The third-order valence-electron chi connectivity index (χ3n) is 4.30. The van der Waals surface area contributed by atoms with Gasteiger partial charge in [0, 0.05) is 12.0 Å². The number of ether oxygens (including phenoxy) is 1. The van der Waals surface area contributed by atoms with Crippen LogP contribution >= 0.6 is 0 Å². The number of carbonyl (C=O) groups is 1. The maximum Gasteiger partial charge on any atom is 0.307 e. The zero-order valence-electron chi connectivity index (χ0n) is 13.0. The van der Waals surface area contributed by atoms with Crippen LogP contribution in [-0.4, -0.2) is 60.8 Å². The van der Waals surface area contributed by atoms with Gasteiger partial charge in [0.1, 0.15) is 0 Å². The number of sulfonamides is 1. The zero-order chi connectivity index (χ0) is 17.2. The van der Waals surface area contributed by atoms with Crippen LogP contribution in [0.25, 0.3) is 0 Å². The van der Waals surface area contributed by atoms with Crippen LogP contribution in [0.2, 0.25) is 0 Å². The van der Waals surface area contributed by atoms with E-state index in [2.05, 4.69) is 4.74 Å². The number of carbonyl (C=O) groups excluding carboxylic acids is 1. The van der Waals surface area contributed by atoms with Crippen molar-refractivity contribution in [3.8, 4) is 0 Å². The Bertz CT molecular complexity index is 647. The van der Waals surface area contributed by atoms with Crippen molar-refractivity contribution in [3.63, 3.8) is 0 Å². The van der Waals surface area contributed by atoms with Gasteiger partial charge < -0.3 is 14.9 Å². The van der Waals surface area contributed by atoms with Crippen molar-refractivity contribution < 1.29 is 28.2 Å². The minimum absolute atomic E-state index is 0.0506. The number of rotatable bonds is 5. The first-order valence-corrected chi connectivity index (χ1v) is 8.73. The lowest BCUT2D eigenvalue weighted by Gasteiger charge is -2.28. The molecule has 1 saturated heterocycles. The largest absolute Gasteiger partial charge is 0.469 e. The molecule has 0 unspecified atom stereocenters. The van der Waals surface area contributed by atoms with Crippen LogP contribution < -0.4 is 0 Å². The molecule has 1 aromatic carbocycles. The standard InChI is InChI=1S/C15H21NO6S/c1-10-12(8-14(18)22-2)16(13(9-17)15(10)19)23(20,21)11-6-4-3-5-7-11/h3-7,10,12-13,15,17,19H,8-9H2,1-2H3/t10-,12+,13-,15-/m0/s1. The Hall–Kier alpha value is -1.48. The maximum absolute atomic E-state index is 12.9. The third-order valence-corrected chi connectivity index (χ3v) is 6.27. The van der Waals surface area contributed by atoms with Crippen molar-refractivity contribution in [2.75, 3.05) is 13.7 Å². The Balaban J connectivity index is 2.47. The van der Waals surface area contributed by atoms with Crippen LogP contribution in [0.3, 0.4) is 0 Å². The first kappa shape index (κ1) is 17.9. The molecule has 8 heteroatoms. The summed E-state index contributed by atoms with van der Waals surface area (Å²) in [5.41, 5.74) is 0. The zero-order valence-corrected chi connectivity index (χ0v) is 13.8. The van der Waals surface area contributed by atoms with E-state index < -0.39 is 46.7 Å². The summed E-state index contributed by atoms with van der Waals surface area (Å²) in [6.07, 6.45) is -1.25. The van der Waals surface area contributed by atoms with Gasteiger partial charge in [-0.05, 0) is 12.1 Å². The second kappa shape index (κ2) is 6.96. The van der Waals surface area contributed by atoms with Crippen molar-refractivity contribution in [3.05, 3.63) is 30.3 Å². The molecule has 2 rings (SSSR count). The summed E-state index contributed by atoms with van der Waals surface area (Å²) in [6, 6.07) is 5.97. The first-order chi connectivity index (χ1) is 10.8. The van der Waals surface area contributed by atoms with Crippen LogP contribution in [-0.2, 0) is 19.6 Å². The van der Waals surface area contributed by atoms with Gasteiger partial charge >= 0.3 is 5.97 Å². The van der Waals surface area contributed by atoms with E-state index in [4.69, 9.17) is 0 Å². The van der Waals surface area contributed by atoms with Crippen LogP contribution in [0.1, 0.15) is 13.3 Å². The monoisotopic (exact) mass is 343 g/mol. The van der Waals surface area contributed by atoms with Gasteiger partial charge in [-0.1, -0.05) is 25.1 Å². The average Bonchev–Trinajstić information content (AvgIpc) is 2.80. The molecule has 1 fully saturated rings. The Morgan fingerprint density at radius 2 is 1.87 bits per heavy atom. The van der Waals surface area contributed by atoms with Gasteiger partial charge in [-0.25, -0.2) is 8.42 Å². The van der Waals surface area contributed by atoms with Gasteiger partial charge in [0.25, 0.3) is 0 Å². The van der Waals surface area contributed by atoms with Gasteiger partial charge in [0.05, 0.1) is 37.2 Å². The second-order valence-corrected chi connectivity index (χ2v) is 7.44. The number of benzene rings is 1. The predicted octanol–water partition coefficient (Wildman–Crippen LogP) is -0.0195. The van der Waals surface area contributed by atoms with Gasteiger partial charge in [-0.2, -0.15) is 4.31 Å². The molecule has 1 aromatic rings. The molecule has 0 aliphatic carbocycles. The van der Waals surface area contributed by atoms with E-state index in [0.29, 0.717) is 0 Å². The Morgan fingerprint density at radius 1 is 1.26 bits per heavy atom. The molecule has 1 aliphatic heterocycles. The third kappa shape index (κ3) is 3.25. The van der Waals surface area contributed by atoms with E-state index in [1.165, 1.54) is 19.2 Å². The molecular weight excluding hydrogens is 322 g/mol. The number of esters is 1. The summed E-state index contributed by atoms with van der Waals surface area (Å²) in [4.78, 5) is 11.7. The summed E-state index contributed by atoms with van der Waals surface area (Å²) in [5, 5.41) is 19.8. The average molecular weight is 343 g/mol. The Labute approximate surface area is 135 Å². The predicted molar refractivity (Wildman–Crippen MR) is 81.9 cm³/mol. The van der Waals surface area contributed by atoms with Crippen LogP contribution in [0, 0.1) is 5.92 Å². The van der Waals surface area contributed by atoms with Crippen molar-refractivity contribution >= 4 is 16.0 Å². The van der Waals surface area contributed by atoms with E-state index in [0.717, 1.165) is 4.31 Å². The smallest absolute Gasteiger partial charge is 0.307 e. The fraction of sp³-hybridized carbons (Fsp3) is 0.533.